The van der Waals surface area contributed by atoms with Crippen molar-refractivity contribution in [2.45, 2.75) is 59.1 Å². The van der Waals surface area contributed by atoms with Crippen LogP contribution in [0, 0.1) is 5.92 Å². The molecule has 1 fully saturated rings. The molecule has 1 aliphatic rings. The molecular weight excluding hydrogens is 360 g/mol. The highest BCUT2D eigenvalue weighted by molar-refractivity contribution is 7.07. The molecule has 0 saturated carbocycles. The Kier molecular flexibility index (Phi) is 8.41. The van der Waals surface area contributed by atoms with Gasteiger partial charge in [0.15, 0.2) is 5.96 Å². The maximum atomic E-state index is 12.3. The van der Waals surface area contributed by atoms with Crippen LogP contribution < -0.4 is 10.6 Å². The molecule has 1 aromatic heterocycles. The Morgan fingerprint density at radius 1 is 1.41 bits per heavy atom. The van der Waals surface area contributed by atoms with Crippen LogP contribution in [0.1, 0.15) is 52.5 Å². The molecule has 1 unspecified atom stereocenters. The Balaban J connectivity index is 1.77. The smallest absolute Gasteiger partial charge is 0.410 e. The third-order valence-electron chi connectivity index (χ3n) is 4.36. The zero-order chi connectivity index (χ0) is 19.7. The summed E-state index contributed by atoms with van der Waals surface area (Å²) in [7, 11) is 0. The van der Waals surface area contributed by atoms with E-state index in [0.717, 1.165) is 51.4 Å². The van der Waals surface area contributed by atoms with E-state index >= 15 is 0 Å². The molecule has 0 aromatic carbocycles. The van der Waals surface area contributed by atoms with Crippen LogP contribution in [0.5, 0.6) is 0 Å². The lowest BCUT2D eigenvalue weighted by atomic mass is 9.95. The standard InChI is InChI=1S/C20H34N4O2S/c1-5-21-18(23-13-17-9-12-27-15-17)22-10-8-16-7-6-11-24(14-16)19(25)26-20(2,3)4/h9,12,15-16H,5-8,10-11,13-14H2,1-4H3,(H2,21,22,23). The van der Waals surface area contributed by atoms with Crippen molar-refractivity contribution in [3.8, 4) is 0 Å². The number of guanidine groups is 1. The van der Waals surface area contributed by atoms with Crippen LogP contribution in [0.2, 0.25) is 0 Å². The van der Waals surface area contributed by atoms with Gasteiger partial charge in [-0.1, -0.05) is 0 Å². The second kappa shape index (κ2) is 10.5. The molecular formula is C20H34N4O2S. The largest absolute Gasteiger partial charge is 0.444 e. The van der Waals surface area contributed by atoms with Gasteiger partial charge in [-0.25, -0.2) is 9.79 Å². The molecule has 2 rings (SSSR count). The number of thiophene rings is 1. The average Bonchev–Trinajstić information content (AvgIpc) is 3.12. The van der Waals surface area contributed by atoms with Crippen LogP contribution in [0.4, 0.5) is 4.79 Å². The lowest BCUT2D eigenvalue weighted by molar-refractivity contribution is 0.0162. The van der Waals surface area contributed by atoms with E-state index in [4.69, 9.17) is 4.74 Å². The fourth-order valence-corrected chi connectivity index (χ4v) is 3.74. The molecule has 1 atom stereocenters. The molecule has 1 amide bonds. The Labute approximate surface area is 167 Å². The number of nitrogens with one attached hydrogen (secondary N) is 2. The van der Waals surface area contributed by atoms with Gasteiger partial charge in [0.2, 0.25) is 0 Å². The summed E-state index contributed by atoms with van der Waals surface area (Å²) in [5.74, 6) is 1.35. The van der Waals surface area contributed by atoms with Gasteiger partial charge in [-0.15, -0.1) is 0 Å². The van der Waals surface area contributed by atoms with Gasteiger partial charge < -0.3 is 20.3 Å². The van der Waals surface area contributed by atoms with E-state index in [9.17, 15) is 4.79 Å². The number of piperidine rings is 1. The number of ether oxygens (including phenoxy) is 1. The van der Waals surface area contributed by atoms with Crippen molar-refractivity contribution >= 4 is 23.4 Å². The van der Waals surface area contributed by atoms with E-state index < -0.39 is 5.60 Å². The van der Waals surface area contributed by atoms with Crippen molar-refractivity contribution < 1.29 is 9.53 Å². The summed E-state index contributed by atoms with van der Waals surface area (Å²) in [4.78, 5) is 18.8. The minimum absolute atomic E-state index is 0.189. The zero-order valence-corrected chi connectivity index (χ0v) is 17.9. The van der Waals surface area contributed by atoms with Crippen LogP contribution in [-0.4, -0.2) is 48.7 Å². The van der Waals surface area contributed by atoms with Gasteiger partial charge in [0, 0.05) is 26.2 Å². The van der Waals surface area contributed by atoms with Crippen molar-refractivity contribution in [2.75, 3.05) is 26.2 Å². The van der Waals surface area contributed by atoms with Gasteiger partial charge in [0.05, 0.1) is 6.54 Å². The molecule has 7 heteroatoms. The summed E-state index contributed by atoms with van der Waals surface area (Å²) in [6, 6.07) is 2.10. The van der Waals surface area contributed by atoms with Gasteiger partial charge in [-0.3, -0.25) is 0 Å². The number of hydrogen-bond donors (Lipinski definition) is 2. The monoisotopic (exact) mass is 394 g/mol. The Morgan fingerprint density at radius 2 is 2.22 bits per heavy atom. The van der Waals surface area contributed by atoms with E-state index in [-0.39, 0.29) is 6.09 Å². The molecule has 1 saturated heterocycles. The fourth-order valence-electron chi connectivity index (χ4n) is 3.08. The Hall–Kier alpha value is -1.76. The molecule has 0 bridgehead atoms. The number of amides is 1. The van der Waals surface area contributed by atoms with Gasteiger partial charge in [-0.05, 0) is 75.3 Å². The number of rotatable bonds is 6. The lowest BCUT2D eigenvalue weighted by Crippen LogP contribution is -2.44. The second-order valence-electron chi connectivity index (χ2n) is 7.98. The minimum atomic E-state index is -0.439. The number of hydrogen-bond acceptors (Lipinski definition) is 4. The fraction of sp³-hybridized carbons (Fsp3) is 0.700. The van der Waals surface area contributed by atoms with E-state index in [0.29, 0.717) is 12.5 Å². The third kappa shape index (κ3) is 8.20. The first-order valence-electron chi connectivity index (χ1n) is 9.88. The summed E-state index contributed by atoms with van der Waals surface area (Å²) in [5, 5.41) is 10.9. The molecule has 0 spiro atoms. The van der Waals surface area contributed by atoms with Crippen LogP contribution in [0.3, 0.4) is 0 Å². The number of likely N-dealkylation sites (tertiary alicyclic amines) is 1. The van der Waals surface area contributed by atoms with Crippen LogP contribution in [0.25, 0.3) is 0 Å². The first-order chi connectivity index (χ1) is 12.9. The molecule has 1 aromatic rings. The van der Waals surface area contributed by atoms with Crippen LogP contribution in [-0.2, 0) is 11.3 Å². The molecule has 0 aliphatic carbocycles. The summed E-state index contributed by atoms with van der Waals surface area (Å²) in [6.07, 6.45) is 3.02. The SMILES string of the molecule is CCNC(=NCc1ccsc1)NCCC1CCCN(C(=O)OC(C)(C)C)C1. The highest BCUT2D eigenvalue weighted by Gasteiger charge is 2.27. The maximum absolute atomic E-state index is 12.3. The number of carbonyl (C=O) groups excluding carboxylic acids is 1. The van der Waals surface area contributed by atoms with Crippen molar-refractivity contribution in [1.82, 2.24) is 15.5 Å². The minimum Gasteiger partial charge on any atom is -0.444 e. The molecule has 2 heterocycles. The second-order valence-corrected chi connectivity index (χ2v) is 8.76. The average molecular weight is 395 g/mol. The summed E-state index contributed by atoms with van der Waals surface area (Å²) >= 11 is 1.69. The predicted molar refractivity (Wildman–Crippen MR) is 112 cm³/mol. The molecule has 0 radical (unpaired) electrons. The quantitative estimate of drug-likeness (QED) is 0.568. The van der Waals surface area contributed by atoms with Crippen molar-refractivity contribution in [3.63, 3.8) is 0 Å². The van der Waals surface area contributed by atoms with Crippen LogP contribution in [0.15, 0.2) is 21.8 Å². The molecule has 2 N–H and O–H groups in total. The predicted octanol–water partition coefficient (Wildman–Crippen LogP) is 3.84. The molecule has 1 aliphatic heterocycles. The van der Waals surface area contributed by atoms with Gasteiger partial charge >= 0.3 is 6.09 Å². The molecule has 27 heavy (non-hydrogen) atoms. The number of carbonyl (C=O) groups is 1. The van der Waals surface area contributed by atoms with E-state index in [2.05, 4.69) is 39.4 Å². The third-order valence-corrected chi connectivity index (χ3v) is 5.09. The molecule has 6 nitrogen and oxygen atoms in total. The number of aliphatic imine (C=N–C) groups is 1. The van der Waals surface area contributed by atoms with Crippen molar-refractivity contribution in [1.29, 1.82) is 0 Å². The van der Waals surface area contributed by atoms with Crippen LogP contribution >= 0.6 is 11.3 Å². The first kappa shape index (κ1) is 21.5. The maximum Gasteiger partial charge on any atom is 0.410 e. The Morgan fingerprint density at radius 3 is 2.89 bits per heavy atom. The van der Waals surface area contributed by atoms with Crippen molar-refractivity contribution in [2.24, 2.45) is 10.9 Å². The van der Waals surface area contributed by atoms with Gasteiger partial charge in [0.25, 0.3) is 0 Å². The number of nitrogens with zero attached hydrogens (tertiary/aromatic N) is 2. The zero-order valence-electron chi connectivity index (χ0n) is 17.1. The molecule has 152 valence electrons. The first-order valence-corrected chi connectivity index (χ1v) is 10.8. The van der Waals surface area contributed by atoms with E-state index in [1.807, 2.05) is 25.7 Å². The highest BCUT2D eigenvalue weighted by atomic mass is 32.1. The van der Waals surface area contributed by atoms with Crippen molar-refractivity contribution in [3.05, 3.63) is 22.4 Å². The Bertz CT molecular complexity index is 596. The highest BCUT2D eigenvalue weighted by Crippen LogP contribution is 2.21. The summed E-state index contributed by atoms with van der Waals surface area (Å²) in [6.45, 7) is 11.8. The summed E-state index contributed by atoms with van der Waals surface area (Å²) in [5.41, 5.74) is 0.795. The van der Waals surface area contributed by atoms with Gasteiger partial charge in [0.1, 0.15) is 5.60 Å². The normalized spacial score (nSPS) is 18.3. The van der Waals surface area contributed by atoms with E-state index in [1.165, 1.54) is 5.56 Å². The van der Waals surface area contributed by atoms with E-state index in [1.54, 1.807) is 11.3 Å². The van der Waals surface area contributed by atoms with Gasteiger partial charge in [-0.2, -0.15) is 11.3 Å². The summed E-state index contributed by atoms with van der Waals surface area (Å²) < 4.78 is 5.51. The topological polar surface area (TPSA) is 66.0 Å². The lowest BCUT2D eigenvalue weighted by Gasteiger charge is -2.34.